The number of ether oxygens (including phenoxy) is 1. The molecule has 0 saturated carbocycles. The number of thioether (sulfide) groups is 1. The number of benzene rings is 1. The van der Waals surface area contributed by atoms with E-state index in [-0.39, 0.29) is 6.09 Å². The van der Waals surface area contributed by atoms with E-state index in [1.54, 1.807) is 16.7 Å². The van der Waals surface area contributed by atoms with Gasteiger partial charge in [-0.25, -0.2) is 4.79 Å². The summed E-state index contributed by atoms with van der Waals surface area (Å²) in [6, 6.07) is 7.99. The van der Waals surface area contributed by atoms with Crippen LogP contribution in [0.3, 0.4) is 0 Å². The summed E-state index contributed by atoms with van der Waals surface area (Å²) in [6.07, 6.45) is 1.54. The van der Waals surface area contributed by atoms with Crippen molar-refractivity contribution in [2.24, 2.45) is 0 Å². The van der Waals surface area contributed by atoms with Crippen LogP contribution in [0.15, 0.2) is 24.3 Å². The van der Waals surface area contributed by atoms with Gasteiger partial charge in [0.25, 0.3) is 0 Å². The third kappa shape index (κ3) is 3.29. The Kier molecular flexibility index (Phi) is 3.66. The molecule has 0 saturated heterocycles. The van der Waals surface area contributed by atoms with Gasteiger partial charge in [0, 0.05) is 6.20 Å². The zero-order valence-corrected chi connectivity index (χ0v) is 11.7. The second-order valence-corrected chi connectivity index (χ2v) is 5.95. The van der Waals surface area contributed by atoms with Crippen molar-refractivity contribution in [2.75, 3.05) is 5.88 Å². The number of nitrogens with zero attached hydrogens (tertiary/aromatic N) is 1. The maximum absolute atomic E-state index is 12.0. The van der Waals surface area contributed by atoms with Crippen molar-refractivity contribution in [1.82, 2.24) is 4.90 Å². The number of hydrogen-bond acceptors (Lipinski definition) is 3. The monoisotopic (exact) mass is 263 g/mol. The van der Waals surface area contributed by atoms with Gasteiger partial charge in [-0.05, 0) is 36.6 Å². The summed E-state index contributed by atoms with van der Waals surface area (Å²) in [5.41, 5.74) is -0.467. The average molecular weight is 263 g/mol. The summed E-state index contributed by atoms with van der Waals surface area (Å²) >= 11 is 1.59. The van der Waals surface area contributed by atoms with Crippen LogP contribution < -0.4 is 10.4 Å². The molecule has 4 heteroatoms. The van der Waals surface area contributed by atoms with Gasteiger partial charge in [-0.2, -0.15) is 0 Å². The van der Waals surface area contributed by atoms with E-state index in [2.05, 4.69) is 5.41 Å². The number of amides is 1. The quantitative estimate of drug-likeness (QED) is 0.718. The molecule has 1 aromatic carbocycles. The van der Waals surface area contributed by atoms with Gasteiger partial charge in [0.05, 0.1) is 5.88 Å². The second kappa shape index (κ2) is 5.06. The Hall–Kier alpha value is -1.42. The van der Waals surface area contributed by atoms with Crippen molar-refractivity contribution in [2.45, 2.75) is 26.4 Å². The van der Waals surface area contributed by atoms with Crippen LogP contribution in [0.25, 0.3) is 11.6 Å². The Morgan fingerprint density at radius 1 is 1.28 bits per heavy atom. The van der Waals surface area contributed by atoms with E-state index in [0.29, 0.717) is 5.88 Å². The standard InChI is InChI=1S/C14H17NO2S/c1-14(2,3)17-13(16)15-8-11-6-4-5-7-12(11)9-18-10-15/h4-9H,10H2,1-3H3. The Balaban J connectivity index is 2.29. The molecule has 1 heterocycles. The number of carbonyl (C=O) groups is 1. The molecule has 0 radical (unpaired) electrons. The number of rotatable bonds is 0. The molecule has 0 aliphatic carbocycles. The van der Waals surface area contributed by atoms with Gasteiger partial charge < -0.3 is 4.74 Å². The van der Waals surface area contributed by atoms with E-state index in [0.717, 1.165) is 10.4 Å². The highest BCUT2D eigenvalue weighted by Crippen LogP contribution is 2.14. The summed E-state index contributed by atoms with van der Waals surface area (Å²) < 4.78 is 5.38. The Labute approximate surface area is 111 Å². The molecule has 0 atom stereocenters. The fourth-order valence-corrected chi connectivity index (χ4v) is 2.38. The van der Waals surface area contributed by atoms with Crippen LogP contribution in [0.5, 0.6) is 0 Å². The largest absolute Gasteiger partial charge is 0.443 e. The van der Waals surface area contributed by atoms with Gasteiger partial charge >= 0.3 is 6.09 Å². The van der Waals surface area contributed by atoms with Crippen LogP contribution >= 0.6 is 11.8 Å². The lowest BCUT2D eigenvalue weighted by Gasteiger charge is -2.24. The topological polar surface area (TPSA) is 29.5 Å². The zero-order chi connectivity index (χ0) is 13.2. The first-order valence-electron chi connectivity index (χ1n) is 5.84. The molecule has 0 N–H and O–H groups in total. The van der Waals surface area contributed by atoms with Gasteiger partial charge in [0.2, 0.25) is 0 Å². The highest BCUT2D eigenvalue weighted by Gasteiger charge is 2.21. The van der Waals surface area contributed by atoms with Crippen LogP contribution in [0.2, 0.25) is 0 Å². The zero-order valence-electron chi connectivity index (χ0n) is 10.8. The Morgan fingerprint density at radius 2 is 1.94 bits per heavy atom. The first-order chi connectivity index (χ1) is 8.46. The van der Waals surface area contributed by atoms with Crippen LogP contribution in [0.4, 0.5) is 4.79 Å². The molecular formula is C14H17NO2S. The summed E-state index contributed by atoms with van der Waals surface area (Å²) in [5, 5.41) is 4.23. The molecular weight excluding hydrogens is 246 g/mol. The van der Waals surface area contributed by atoms with Gasteiger partial charge in [0.15, 0.2) is 0 Å². The van der Waals surface area contributed by atoms with Gasteiger partial charge in [-0.3, -0.25) is 4.90 Å². The lowest BCUT2D eigenvalue weighted by molar-refractivity contribution is 0.0388. The molecule has 3 nitrogen and oxygen atoms in total. The van der Waals surface area contributed by atoms with Crippen LogP contribution in [-0.4, -0.2) is 22.5 Å². The molecule has 1 amide bonds. The molecule has 1 aromatic rings. The van der Waals surface area contributed by atoms with E-state index in [4.69, 9.17) is 4.74 Å². The first kappa shape index (κ1) is 13.0. The molecule has 0 bridgehead atoms. The van der Waals surface area contributed by atoms with Crippen LogP contribution in [0.1, 0.15) is 20.8 Å². The summed E-state index contributed by atoms with van der Waals surface area (Å²) in [7, 11) is 0. The van der Waals surface area contributed by atoms with E-state index < -0.39 is 5.60 Å². The van der Waals surface area contributed by atoms with Crippen molar-refractivity contribution in [3.8, 4) is 0 Å². The van der Waals surface area contributed by atoms with Crippen molar-refractivity contribution in [3.05, 3.63) is 34.7 Å². The highest BCUT2D eigenvalue weighted by atomic mass is 32.2. The minimum absolute atomic E-state index is 0.305. The molecule has 1 aliphatic heterocycles. The molecule has 0 aromatic heterocycles. The molecule has 18 heavy (non-hydrogen) atoms. The first-order valence-corrected chi connectivity index (χ1v) is 6.89. The second-order valence-electron chi connectivity index (χ2n) is 5.12. The van der Waals surface area contributed by atoms with Crippen molar-refractivity contribution in [3.63, 3.8) is 0 Å². The highest BCUT2D eigenvalue weighted by molar-refractivity contribution is 8.06. The number of fused-ring (bicyclic) bond motifs is 1. The smallest absolute Gasteiger partial charge is 0.415 e. The predicted octanol–water partition coefficient (Wildman–Crippen LogP) is 2.10. The SMILES string of the molecule is CC(C)(C)OC(=O)N1C=c2ccccc2=CSC1. The molecule has 0 spiro atoms. The number of carbonyl (C=O) groups excluding carboxylic acids is 1. The van der Waals surface area contributed by atoms with E-state index >= 15 is 0 Å². The van der Waals surface area contributed by atoms with E-state index in [9.17, 15) is 4.79 Å². The molecule has 1 aliphatic rings. The summed E-state index contributed by atoms with van der Waals surface area (Å²) in [4.78, 5) is 13.6. The Morgan fingerprint density at radius 3 is 2.61 bits per heavy atom. The fraction of sp³-hybridized carbons (Fsp3) is 0.357. The number of hydrogen-bond donors (Lipinski definition) is 0. The van der Waals surface area contributed by atoms with Crippen molar-refractivity contribution >= 4 is 29.5 Å². The third-order valence-corrected chi connectivity index (χ3v) is 3.19. The van der Waals surface area contributed by atoms with Crippen LogP contribution in [-0.2, 0) is 4.74 Å². The summed E-state index contributed by atoms with van der Waals surface area (Å²) in [6.45, 7) is 5.61. The minimum Gasteiger partial charge on any atom is -0.443 e. The van der Waals surface area contributed by atoms with Crippen molar-refractivity contribution in [1.29, 1.82) is 0 Å². The molecule has 96 valence electrons. The van der Waals surface area contributed by atoms with Gasteiger partial charge in [-0.15, -0.1) is 11.8 Å². The maximum Gasteiger partial charge on any atom is 0.415 e. The maximum atomic E-state index is 12.0. The molecule has 2 rings (SSSR count). The minimum atomic E-state index is -0.467. The lowest BCUT2D eigenvalue weighted by atomic mass is 10.2. The average Bonchev–Trinajstić information content (AvgIpc) is 2.48. The third-order valence-electron chi connectivity index (χ3n) is 2.34. The van der Waals surface area contributed by atoms with Crippen molar-refractivity contribution < 1.29 is 9.53 Å². The fourth-order valence-electron chi connectivity index (χ4n) is 1.57. The van der Waals surface area contributed by atoms with E-state index in [1.165, 1.54) is 0 Å². The molecule has 0 unspecified atom stereocenters. The lowest BCUT2D eigenvalue weighted by Crippen LogP contribution is -2.35. The normalized spacial score (nSPS) is 14.9. The predicted molar refractivity (Wildman–Crippen MR) is 75.2 cm³/mol. The van der Waals surface area contributed by atoms with Gasteiger partial charge in [0.1, 0.15) is 5.60 Å². The van der Waals surface area contributed by atoms with E-state index in [1.807, 2.05) is 51.2 Å². The van der Waals surface area contributed by atoms with Crippen LogP contribution in [0, 0.1) is 0 Å². The Bertz CT molecular complexity index is 560. The van der Waals surface area contributed by atoms with Gasteiger partial charge in [-0.1, -0.05) is 24.3 Å². The summed E-state index contributed by atoms with van der Waals surface area (Å²) in [5.74, 6) is 0.573. The molecule has 0 fully saturated rings.